The van der Waals surface area contributed by atoms with Crippen LogP contribution in [0.2, 0.25) is 0 Å². The van der Waals surface area contributed by atoms with Crippen LogP contribution in [0.5, 0.6) is 11.5 Å². The Kier molecular flexibility index (Phi) is 6.46. The molecule has 2 nitrogen and oxygen atoms in total. The summed E-state index contributed by atoms with van der Waals surface area (Å²) in [6.45, 7) is 4.23. The van der Waals surface area contributed by atoms with Gasteiger partial charge < -0.3 is 0 Å². The molecule has 0 spiro atoms. The molecule has 4 rings (SSSR count). The molecule has 0 amide bonds. The summed E-state index contributed by atoms with van der Waals surface area (Å²) in [5.41, 5.74) is 7.40. The predicted octanol–water partition coefficient (Wildman–Crippen LogP) is 5.31. The van der Waals surface area contributed by atoms with Crippen LogP contribution in [-0.4, -0.2) is 29.2 Å². The average Bonchev–Trinajstić information content (AvgIpc) is 2.81. The van der Waals surface area contributed by atoms with Crippen molar-refractivity contribution in [1.82, 2.24) is 0 Å². The second kappa shape index (κ2) is 9.43. The van der Waals surface area contributed by atoms with Gasteiger partial charge >= 0.3 is 191 Å². The molecule has 0 atom stereocenters. The van der Waals surface area contributed by atoms with E-state index in [1.54, 1.807) is 14.2 Å². The molecule has 0 saturated carbocycles. The van der Waals surface area contributed by atoms with Crippen molar-refractivity contribution in [2.24, 2.45) is 0 Å². The van der Waals surface area contributed by atoms with E-state index in [1.807, 2.05) is 0 Å². The second-order valence-corrected chi connectivity index (χ2v) is 9.83. The van der Waals surface area contributed by atoms with Crippen LogP contribution in [0.1, 0.15) is 11.1 Å². The van der Waals surface area contributed by atoms with Crippen molar-refractivity contribution in [2.75, 3.05) is 14.2 Å². The molecule has 0 unspecified atom stereocenters. The second-order valence-electron chi connectivity index (χ2n) is 7.56. The first-order chi connectivity index (χ1) is 15.1. The molecule has 0 N–H and O–H groups in total. The molecule has 0 bridgehead atoms. The van der Waals surface area contributed by atoms with Gasteiger partial charge in [-0.15, -0.1) is 0 Å². The maximum absolute atomic E-state index is 5.53. The molecule has 156 valence electrons. The number of hydrogen-bond donors (Lipinski definition) is 0. The van der Waals surface area contributed by atoms with Crippen molar-refractivity contribution < 1.29 is 9.47 Å². The molecular weight excluding hydrogens is 447 g/mol. The van der Waals surface area contributed by atoms with Crippen molar-refractivity contribution in [1.29, 1.82) is 0 Å². The summed E-state index contributed by atoms with van der Waals surface area (Å²) in [6.07, 6.45) is 0. The molecule has 3 heteroatoms. The third-order valence-corrected chi connectivity index (χ3v) is 7.74. The maximum atomic E-state index is 5.53. The van der Waals surface area contributed by atoms with Gasteiger partial charge in [0.2, 0.25) is 0 Å². The van der Waals surface area contributed by atoms with Gasteiger partial charge in [-0.3, -0.25) is 0 Å². The summed E-state index contributed by atoms with van der Waals surface area (Å²) in [7, 11) is 3.44. The number of hydrogen-bond acceptors (Lipinski definition) is 2. The van der Waals surface area contributed by atoms with Crippen LogP contribution in [0, 0.1) is 13.8 Å². The first-order valence-electron chi connectivity index (χ1n) is 10.3. The van der Waals surface area contributed by atoms with E-state index in [0.717, 1.165) is 11.5 Å². The molecule has 0 saturated heterocycles. The Hall–Kier alpha value is -3.00. The van der Waals surface area contributed by atoms with Gasteiger partial charge in [-0.2, -0.15) is 0 Å². The summed E-state index contributed by atoms with van der Waals surface area (Å²) < 4.78 is 13.7. The summed E-state index contributed by atoms with van der Waals surface area (Å²) in [4.78, 5) is 0. The zero-order valence-corrected chi connectivity index (χ0v) is 20.0. The molecular formula is C28H26O2Se. The van der Waals surface area contributed by atoms with E-state index in [9.17, 15) is 0 Å². The van der Waals surface area contributed by atoms with Crippen LogP contribution in [0.3, 0.4) is 0 Å². The van der Waals surface area contributed by atoms with Gasteiger partial charge in [0, 0.05) is 0 Å². The third-order valence-electron chi connectivity index (χ3n) is 5.32. The average molecular weight is 473 g/mol. The van der Waals surface area contributed by atoms with E-state index in [2.05, 4.69) is 98.8 Å². The monoisotopic (exact) mass is 474 g/mol. The molecule has 0 radical (unpaired) electrons. The minimum absolute atomic E-state index is 0.110. The number of ether oxygens (including phenoxy) is 2. The summed E-state index contributed by atoms with van der Waals surface area (Å²) in [5.74, 6) is 1.76. The van der Waals surface area contributed by atoms with Gasteiger partial charge in [0.05, 0.1) is 0 Å². The summed E-state index contributed by atoms with van der Waals surface area (Å²) >= 11 is 0.110. The standard InChI is InChI=1S/C28H26O2Se/c1-19-5-9-21(10-6-19)25-17-23(29-3)13-15-27(25)31-28-16-14-24(30-4)18-26(28)22-11-7-20(2)8-12-22/h5-18H,1-4H3. The molecule has 0 aromatic heterocycles. The van der Waals surface area contributed by atoms with Crippen molar-refractivity contribution in [2.45, 2.75) is 13.8 Å². The fraction of sp³-hybridized carbons (Fsp3) is 0.143. The van der Waals surface area contributed by atoms with Gasteiger partial charge in [0.15, 0.2) is 0 Å². The van der Waals surface area contributed by atoms with Crippen LogP contribution in [0.4, 0.5) is 0 Å². The van der Waals surface area contributed by atoms with E-state index in [-0.39, 0.29) is 15.0 Å². The van der Waals surface area contributed by atoms with Crippen LogP contribution in [-0.2, 0) is 0 Å². The summed E-state index contributed by atoms with van der Waals surface area (Å²) in [6, 6.07) is 30.3. The number of aryl methyl sites for hydroxylation is 2. The van der Waals surface area contributed by atoms with Crippen LogP contribution >= 0.6 is 0 Å². The van der Waals surface area contributed by atoms with Gasteiger partial charge in [-0.05, 0) is 0 Å². The molecule has 0 aliphatic carbocycles. The van der Waals surface area contributed by atoms with Crippen LogP contribution in [0.15, 0.2) is 84.9 Å². The topological polar surface area (TPSA) is 18.5 Å². The van der Waals surface area contributed by atoms with Gasteiger partial charge in [-0.25, -0.2) is 0 Å². The Morgan fingerprint density at radius 1 is 0.516 bits per heavy atom. The normalized spacial score (nSPS) is 10.7. The Balaban J connectivity index is 1.80. The van der Waals surface area contributed by atoms with Gasteiger partial charge in [0.25, 0.3) is 0 Å². The third kappa shape index (κ3) is 4.85. The molecule has 0 heterocycles. The van der Waals surface area contributed by atoms with Gasteiger partial charge in [-0.1, -0.05) is 0 Å². The molecule has 0 aliphatic heterocycles. The fourth-order valence-corrected chi connectivity index (χ4v) is 5.76. The van der Waals surface area contributed by atoms with Crippen molar-refractivity contribution in [3.63, 3.8) is 0 Å². The number of benzene rings is 4. The first kappa shape index (κ1) is 21.2. The molecule has 4 aromatic rings. The van der Waals surface area contributed by atoms with E-state index < -0.39 is 0 Å². The zero-order chi connectivity index (χ0) is 21.8. The minimum atomic E-state index is 0.110. The van der Waals surface area contributed by atoms with E-state index in [1.165, 1.54) is 42.3 Å². The quantitative estimate of drug-likeness (QED) is 0.354. The Bertz CT molecular complexity index is 1080. The first-order valence-corrected chi connectivity index (χ1v) is 12.0. The van der Waals surface area contributed by atoms with Crippen molar-refractivity contribution in [3.05, 3.63) is 96.1 Å². The Labute approximate surface area is 191 Å². The SMILES string of the molecule is COc1ccc([Se]c2ccc(OC)cc2-c2ccc(C)cc2)c(-c2ccc(C)cc2)c1. The van der Waals surface area contributed by atoms with E-state index in [0.29, 0.717) is 0 Å². The number of rotatable bonds is 6. The van der Waals surface area contributed by atoms with E-state index >= 15 is 0 Å². The number of methoxy groups -OCH3 is 2. The zero-order valence-electron chi connectivity index (χ0n) is 18.3. The molecule has 4 aromatic carbocycles. The summed E-state index contributed by atoms with van der Waals surface area (Å²) in [5, 5.41) is 0. The van der Waals surface area contributed by atoms with Crippen molar-refractivity contribution >= 4 is 23.9 Å². The predicted molar refractivity (Wildman–Crippen MR) is 131 cm³/mol. The van der Waals surface area contributed by atoms with E-state index in [4.69, 9.17) is 9.47 Å². The van der Waals surface area contributed by atoms with Crippen LogP contribution in [0.25, 0.3) is 22.3 Å². The van der Waals surface area contributed by atoms with Gasteiger partial charge in [0.1, 0.15) is 0 Å². The molecule has 0 fully saturated rings. The van der Waals surface area contributed by atoms with Crippen molar-refractivity contribution in [3.8, 4) is 33.8 Å². The Morgan fingerprint density at radius 3 is 1.26 bits per heavy atom. The fourth-order valence-electron chi connectivity index (χ4n) is 3.49. The molecule has 31 heavy (non-hydrogen) atoms. The van der Waals surface area contributed by atoms with Crippen LogP contribution < -0.4 is 18.4 Å². The Morgan fingerprint density at radius 2 is 0.903 bits per heavy atom. The molecule has 0 aliphatic rings.